The van der Waals surface area contributed by atoms with E-state index in [1.165, 1.54) is 12.1 Å². The third-order valence-corrected chi connectivity index (χ3v) is 3.18. The van der Waals surface area contributed by atoms with Crippen molar-refractivity contribution in [1.29, 1.82) is 0 Å². The van der Waals surface area contributed by atoms with Crippen LogP contribution in [0.15, 0.2) is 18.2 Å². The number of hydrogen-bond acceptors (Lipinski definition) is 3. The fourth-order valence-electron chi connectivity index (χ4n) is 2.01. The van der Waals surface area contributed by atoms with Crippen molar-refractivity contribution in [2.75, 3.05) is 39.4 Å². The van der Waals surface area contributed by atoms with Gasteiger partial charge in [-0.3, -0.25) is 4.90 Å². The molecule has 1 N–H and O–H groups in total. The number of rotatable bonds is 5. The van der Waals surface area contributed by atoms with Gasteiger partial charge in [0.25, 0.3) is 0 Å². The van der Waals surface area contributed by atoms with E-state index in [1.807, 2.05) is 0 Å². The lowest BCUT2D eigenvalue weighted by atomic mass is 10.2. The second kappa shape index (κ2) is 7.04. The van der Waals surface area contributed by atoms with Gasteiger partial charge in [-0.1, -0.05) is 11.6 Å². The quantitative estimate of drug-likeness (QED) is 0.829. The Labute approximate surface area is 112 Å². The van der Waals surface area contributed by atoms with Crippen LogP contribution >= 0.6 is 11.6 Å². The minimum absolute atomic E-state index is 0.285. The Morgan fingerprint density at radius 2 is 2.06 bits per heavy atom. The molecule has 0 amide bonds. The zero-order chi connectivity index (χ0) is 12.8. The highest BCUT2D eigenvalue weighted by Gasteiger charge is 2.08. The molecule has 1 heterocycles. The summed E-state index contributed by atoms with van der Waals surface area (Å²) in [4.78, 5) is 2.36. The van der Waals surface area contributed by atoms with Gasteiger partial charge >= 0.3 is 0 Å². The summed E-state index contributed by atoms with van der Waals surface area (Å²) in [6.07, 6.45) is 0. The predicted molar refractivity (Wildman–Crippen MR) is 70.4 cm³/mol. The Morgan fingerprint density at radius 1 is 1.28 bits per heavy atom. The molecule has 1 aliphatic heterocycles. The van der Waals surface area contributed by atoms with Crippen LogP contribution in [0.1, 0.15) is 5.56 Å². The van der Waals surface area contributed by atoms with E-state index in [2.05, 4.69) is 10.2 Å². The fraction of sp³-hybridized carbons (Fsp3) is 0.538. The maximum absolute atomic E-state index is 13.1. The highest BCUT2D eigenvalue weighted by molar-refractivity contribution is 6.30. The molecule has 5 heteroatoms. The Morgan fingerprint density at radius 3 is 2.78 bits per heavy atom. The molecule has 0 bridgehead atoms. The van der Waals surface area contributed by atoms with Gasteiger partial charge in [-0.2, -0.15) is 0 Å². The molecule has 0 radical (unpaired) electrons. The van der Waals surface area contributed by atoms with Crippen molar-refractivity contribution in [2.24, 2.45) is 0 Å². The number of benzene rings is 1. The molecule has 1 aliphatic rings. The summed E-state index contributed by atoms with van der Waals surface area (Å²) >= 11 is 5.79. The summed E-state index contributed by atoms with van der Waals surface area (Å²) in [5.41, 5.74) is 0.877. The molecular weight excluding hydrogens is 255 g/mol. The summed E-state index contributed by atoms with van der Waals surface area (Å²) in [7, 11) is 0. The standard InChI is InChI=1S/C13H18ClFN2O/c14-12-7-11(8-13(15)9-12)10-16-1-2-17-3-5-18-6-4-17/h7-9,16H,1-6,10H2. The number of morpholine rings is 1. The van der Waals surface area contributed by atoms with Gasteiger partial charge < -0.3 is 10.1 Å². The second-order valence-corrected chi connectivity index (χ2v) is 4.84. The predicted octanol–water partition coefficient (Wildman–Crippen LogP) is 1.90. The lowest BCUT2D eigenvalue weighted by molar-refractivity contribution is 0.0384. The number of nitrogens with one attached hydrogen (secondary N) is 1. The molecule has 18 heavy (non-hydrogen) atoms. The van der Waals surface area contributed by atoms with Crippen molar-refractivity contribution in [3.8, 4) is 0 Å². The number of hydrogen-bond donors (Lipinski definition) is 1. The number of halogens is 2. The van der Waals surface area contributed by atoms with E-state index < -0.39 is 0 Å². The molecule has 1 aromatic carbocycles. The van der Waals surface area contributed by atoms with Gasteiger partial charge in [0.05, 0.1) is 13.2 Å². The van der Waals surface area contributed by atoms with E-state index >= 15 is 0 Å². The molecule has 0 unspecified atom stereocenters. The van der Waals surface area contributed by atoms with E-state index in [4.69, 9.17) is 16.3 Å². The van der Waals surface area contributed by atoms with Crippen LogP contribution in [0.5, 0.6) is 0 Å². The fourth-order valence-corrected chi connectivity index (χ4v) is 2.25. The average Bonchev–Trinajstić information content (AvgIpc) is 2.35. The van der Waals surface area contributed by atoms with Crippen molar-refractivity contribution in [3.63, 3.8) is 0 Å². The van der Waals surface area contributed by atoms with Crippen LogP contribution in [0, 0.1) is 5.82 Å². The largest absolute Gasteiger partial charge is 0.379 e. The van der Waals surface area contributed by atoms with Crippen LogP contribution < -0.4 is 5.32 Å². The zero-order valence-corrected chi connectivity index (χ0v) is 11.0. The number of ether oxygens (including phenoxy) is 1. The minimum Gasteiger partial charge on any atom is -0.379 e. The first kappa shape index (κ1) is 13.7. The van der Waals surface area contributed by atoms with Gasteiger partial charge in [0, 0.05) is 37.7 Å². The van der Waals surface area contributed by atoms with Gasteiger partial charge in [-0.25, -0.2) is 4.39 Å². The lowest BCUT2D eigenvalue weighted by Gasteiger charge is -2.26. The third-order valence-electron chi connectivity index (χ3n) is 2.96. The van der Waals surface area contributed by atoms with E-state index in [0.717, 1.165) is 45.0 Å². The first-order valence-corrected chi connectivity index (χ1v) is 6.57. The molecule has 0 saturated carbocycles. The van der Waals surface area contributed by atoms with Gasteiger partial charge in [0.1, 0.15) is 5.82 Å². The Balaban J connectivity index is 1.68. The van der Waals surface area contributed by atoms with Crippen molar-refractivity contribution in [2.45, 2.75) is 6.54 Å². The maximum Gasteiger partial charge on any atom is 0.125 e. The summed E-state index contributed by atoms with van der Waals surface area (Å²) in [6.45, 7) is 6.14. The first-order valence-electron chi connectivity index (χ1n) is 6.20. The van der Waals surface area contributed by atoms with Crippen LogP contribution in [0.4, 0.5) is 4.39 Å². The van der Waals surface area contributed by atoms with Crippen LogP contribution in [-0.2, 0) is 11.3 Å². The van der Waals surface area contributed by atoms with E-state index in [1.54, 1.807) is 6.07 Å². The average molecular weight is 273 g/mol. The normalized spacial score (nSPS) is 17.0. The summed E-state index contributed by atoms with van der Waals surface area (Å²) in [6, 6.07) is 4.61. The molecule has 1 saturated heterocycles. The molecule has 2 rings (SSSR count). The number of nitrogens with zero attached hydrogens (tertiary/aromatic N) is 1. The molecule has 1 fully saturated rings. The molecule has 100 valence electrons. The van der Waals surface area contributed by atoms with Crippen LogP contribution in [-0.4, -0.2) is 44.3 Å². The molecule has 0 aromatic heterocycles. The van der Waals surface area contributed by atoms with Crippen molar-refractivity contribution in [3.05, 3.63) is 34.6 Å². The van der Waals surface area contributed by atoms with Crippen molar-refractivity contribution in [1.82, 2.24) is 10.2 Å². The van der Waals surface area contributed by atoms with Gasteiger partial charge in [-0.15, -0.1) is 0 Å². The third kappa shape index (κ3) is 4.53. The summed E-state index contributed by atoms with van der Waals surface area (Å²) < 4.78 is 18.4. The first-order chi connectivity index (χ1) is 8.74. The molecule has 1 aromatic rings. The van der Waals surface area contributed by atoms with Crippen molar-refractivity contribution < 1.29 is 9.13 Å². The Hall–Kier alpha value is -0.680. The van der Waals surface area contributed by atoms with Crippen LogP contribution in [0.2, 0.25) is 5.02 Å². The summed E-state index contributed by atoms with van der Waals surface area (Å²) in [5.74, 6) is -0.285. The molecule has 3 nitrogen and oxygen atoms in total. The van der Waals surface area contributed by atoms with Gasteiger partial charge in [0.15, 0.2) is 0 Å². The molecule has 0 spiro atoms. The maximum atomic E-state index is 13.1. The highest BCUT2D eigenvalue weighted by atomic mass is 35.5. The van der Waals surface area contributed by atoms with Crippen LogP contribution in [0.3, 0.4) is 0 Å². The highest BCUT2D eigenvalue weighted by Crippen LogP contribution is 2.13. The van der Waals surface area contributed by atoms with Gasteiger partial charge in [0.2, 0.25) is 0 Å². The second-order valence-electron chi connectivity index (χ2n) is 4.41. The Bertz CT molecular complexity index is 363. The summed E-state index contributed by atoms with van der Waals surface area (Å²) in [5, 5.41) is 3.74. The van der Waals surface area contributed by atoms with E-state index in [9.17, 15) is 4.39 Å². The minimum atomic E-state index is -0.285. The van der Waals surface area contributed by atoms with E-state index in [-0.39, 0.29) is 5.82 Å². The Kier molecular flexibility index (Phi) is 5.38. The molecule has 0 aliphatic carbocycles. The smallest absolute Gasteiger partial charge is 0.125 e. The lowest BCUT2D eigenvalue weighted by Crippen LogP contribution is -2.40. The van der Waals surface area contributed by atoms with E-state index in [0.29, 0.717) is 11.6 Å². The molecular formula is C13H18ClFN2O. The SMILES string of the molecule is Fc1cc(Cl)cc(CNCCN2CCOCC2)c1. The van der Waals surface area contributed by atoms with Crippen molar-refractivity contribution >= 4 is 11.6 Å². The zero-order valence-electron chi connectivity index (χ0n) is 10.3. The van der Waals surface area contributed by atoms with Crippen LogP contribution in [0.25, 0.3) is 0 Å². The monoisotopic (exact) mass is 272 g/mol. The van der Waals surface area contributed by atoms with Gasteiger partial charge in [-0.05, 0) is 23.8 Å². The molecule has 0 atom stereocenters. The topological polar surface area (TPSA) is 24.5 Å².